The number of hydrogen-bond donors (Lipinski definition) is 1. The van der Waals surface area contributed by atoms with Crippen molar-refractivity contribution in [2.75, 3.05) is 46.0 Å². The van der Waals surface area contributed by atoms with E-state index in [0.717, 1.165) is 25.9 Å². The number of amides is 1. The van der Waals surface area contributed by atoms with Gasteiger partial charge in [-0.25, -0.2) is 0 Å². The molecule has 1 unspecified atom stereocenters. The van der Waals surface area contributed by atoms with Crippen LogP contribution in [0.25, 0.3) is 5.76 Å². The summed E-state index contributed by atoms with van der Waals surface area (Å²) >= 11 is 0. The highest BCUT2D eigenvalue weighted by atomic mass is 16.5. The van der Waals surface area contributed by atoms with Crippen molar-refractivity contribution in [1.29, 1.82) is 0 Å². The fourth-order valence-electron chi connectivity index (χ4n) is 4.69. The normalized spacial score (nSPS) is 16.7. The fourth-order valence-corrected chi connectivity index (χ4v) is 4.69. The van der Waals surface area contributed by atoms with E-state index in [1.807, 2.05) is 32.0 Å². The Morgan fingerprint density at radius 1 is 0.897 bits per heavy atom. The van der Waals surface area contributed by atoms with E-state index in [0.29, 0.717) is 61.3 Å². The van der Waals surface area contributed by atoms with Crippen LogP contribution in [0.15, 0.2) is 48.0 Å². The highest BCUT2D eigenvalue weighted by molar-refractivity contribution is 6.46. The Hall–Kier alpha value is -3.52. The van der Waals surface area contributed by atoms with Crippen LogP contribution in [0.1, 0.15) is 64.6 Å². The second-order valence-electron chi connectivity index (χ2n) is 9.32. The number of likely N-dealkylation sites (tertiary alicyclic amines) is 1. The number of unbranched alkanes of at least 4 members (excludes halogenated alkanes) is 1. The van der Waals surface area contributed by atoms with Crippen LogP contribution in [-0.4, -0.2) is 72.6 Å². The lowest BCUT2D eigenvalue weighted by Crippen LogP contribution is -2.38. The van der Waals surface area contributed by atoms with E-state index in [4.69, 9.17) is 14.2 Å². The molecule has 3 rings (SSSR count). The van der Waals surface area contributed by atoms with Crippen molar-refractivity contribution in [3.8, 4) is 17.2 Å². The Labute approximate surface area is 232 Å². The van der Waals surface area contributed by atoms with Crippen LogP contribution in [0.4, 0.5) is 0 Å². The van der Waals surface area contributed by atoms with Crippen molar-refractivity contribution in [2.45, 2.75) is 53.5 Å². The standard InChI is InChI=1S/C31H42N2O6/c1-6-11-20-39-25-17-14-23(21-26(25)38-10-5)28-27(29(34)22-12-15-24(16-13-22)37-9-4)30(35)31(36)33(28)19-18-32(7-2)8-3/h12-17,21,28,34H,6-11,18-20H2,1-5H3/b29-27+. The first-order chi connectivity index (χ1) is 18.9. The average molecular weight is 539 g/mol. The van der Waals surface area contributed by atoms with Gasteiger partial charge in [0, 0.05) is 18.7 Å². The molecule has 8 heteroatoms. The van der Waals surface area contributed by atoms with Gasteiger partial charge in [0.2, 0.25) is 0 Å². The zero-order valence-corrected chi connectivity index (χ0v) is 23.9. The lowest BCUT2D eigenvalue weighted by atomic mass is 9.95. The predicted molar refractivity (Wildman–Crippen MR) is 152 cm³/mol. The first-order valence-electron chi connectivity index (χ1n) is 14.0. The van der Waals surface area contributed by atoms with Gasteiger partial charge < -0.3 is 29.1 Å². The topological polar surface area (TPSA) is 88.5 Å². The number of ketones is 1. The minimum absolute atomic E-state index is 0.0609. The van der Waals surface area contributed by atoms with Crippen molar-refractivity contribution >= 4 is 17.4 Å². The third kappa shape index (κ3) is 7.12. The number of benzene rings is 2. The molecule has 1 amide bonds. The molecule has 1 fully saturated rings. The van der Waals surface area contributed by atoms with Crippen LogP contribution in [0.3, 0.4) is 0 Å². The first kappa shape index (κ1) is 30.0. The first-order valence-corrected chi connectivity index (χ1v) is 14.0. The molecule has 1 heterocycles. The molecule has 1 atom stereocenters. The monoisotopic (exact) mass is 538 g/mol. The summed E-state index contributed by atoms with van der Waals surface area (Å²) in [7, 11) is 0. The number of likely N-dealkylation sites (N-methyl/N-ethyl adjacent to an activating group) is 1. The molecular formula is C31H42N2O6. The molecule has 0 spiro atoms. The number of aliphatic hydroxyl groups excluding tert-OH is 1. The molecule has 0 aromatic heterocycles. The van der Waals surface area contributed by atoms with Gasteiger partial charge in [0.05, 0.1) is 31.4 Å². The smallest absolute Gasteiger partial charge is 0.295 e. The number of ether oxygens (including phenoxy) is 3. The number of nitrogens with zero attached hydrogens (tertiary/aromatic N) is 2. The van der Waals surface area contributed by atoms with Crippen LogP contribution < -0.4 is 14.2 Å². The highest BCUT2D eigenvalue weighted by Crippen LogP contribution is 2.42. The van der Waals surface area contributed by atoms with Crippen LogP contribution >= 0.6 is 0 Å². The average Bonchev–Trinajstić information content (AvgIpc) is 3.20. The summed E-state index contributed by atoms with van der Waals surface area (Å²) in [5.74, 6) is 0.272. The summed E-state index contributed by atoms with van der Waals surface area (Å²) in [6.45, 7) is 14.1. The van der Waals surface area contributed by atoms with Gasteiger partial charge in [0.15, 0.2) is 11.5 Å². The number of carbonyl (C=O) groups is 2. The number of Topliss-reactive ketones (excluding diaryl/α,β-unsaturated/α-hetero) is 1. The minimum Gasteiger partial charge on any atom is -0.507 e. The Bertz CT molecular complexity index is 1140. The van der Waals surface area contributed by atoms with Gasteiger partial charge in [-0.2, -0.15) is 0 Å². The van der Waals surface area contributed by atoms with Crippen molar-refractivity contribution in [2.24, 2.45) is 0 Å². The van der Waals surface area contributed by atoms with E-state index < -0.39 is 17.7 Å². The van der Waals surface area contributed by atoms with Gasteiger partial charge in [0.25, 0.3) is 11.7 Å². The van der Waals surface area contributed by atoms with Gasteiger partial charge in [-0.3, -0.25) is 9.59 Å². The summed E-state index contributed by atoms with van der Waals surface area (Å²) in [5.41, 5.74) is 1.17. The Morgan fingerprint density at radius 2 is 1.59 bits per heavy atom. The van der Waals surface area contributed by atoms with Crippen LogP contribution in [0.5, 0.6) is 17.2 Å². The maximum absolute atomic E-state index is 13.4. The number of aliphatic hydroxyl groups is 1. The SMILES string of the molecule is CCCCOc1ccc(C2/C(=C(\O)c3ccc(OCC)cc3)C(=O)C(=O)N2CCN(CC)CC)cc1OCC. The van der Waals surface area contributed by atoms with Crippen molar-refractivity contribution in [1.82, 2.24) is 9.80 Å². The van der Waals surface area contributed by atoms with E-state index in [-0.39, 0.29) is 11.3 Å². The van der Waals surface area contributed by atoms with Crippen molar-refractivity contribution in [3.63, 3.8) is 0 Å². The second kappa shape index (κ2) is 14.6. The number of rotatable bonds is 15. The Morgan fingerprint density at radius 3 is 2.21 bits per heavy atom. The zero-order valence-electron chi connectivity index (χ0n) is 23.9. The molecule has 1 aliphatic heterocycles. The Balaban J connectivity index is 2.10. The number of hydrogen-bond acceptors (Lipinski definition) is 7. The van der Waals surface area contributed by atoms with E-state index in [1.54, 1.807) is 29.2 Å². The van der Waals surface area contributed by atoms with E-state index in [1.165, 1.54) is 0 Å². The molecule has 2 aromatic carbocycles. The third-order valence-corrected chi connectivity index (χ3v) is 6.87. The van der Waals surface area contributed by atoms with Crippen LogP contribution in [-0.2, 0) is 9.59 Å². The molecule has 212 valence electrons. The predicted octanol–water partition coefficient (Wildman–Crippen LogP) is 5.43. The number of carbonyl (C=O) groups excluding carboxylic acids is 2. The summed E-state index contributed by atoms with van der Waals surface area (Å²) < 4.78 is 17.4. The van der Waals surface area contributed by atoms with Crippen molar-refractivity contribution in [3.05, 3.63) is 59.2 Å². The maximum atomic E-state index is 13.4. The van der Waals surface area contributed by atoms with Gasteiger partial charge >= 0.3 is 0 Å². The van der Waals surface area contributed by atoms with Crippen LogP contribution in [0.2, 0.25) is 0 Å². The molecule has 1 saturated heterocycles. The highest BCUT2D eigenvalue weighted by Gasteiger charge is 2.46. The summed E-state index contributed by atoms with van der Waals surface area (Å²) in [5, 5.41) is 11.4. The molecule has 1 aliphatic rings. The van der Waals surface area contributed by atoms with Gasteiger partial charge in [-0.1, -0.05) is 33.3 Å². The molecule has 8 nitrogen and oxygen atoms in total. The fraction of sp³-hybridized carbons (Fsp3) is 0.484. The largest absolute Gasteiger partial charge is 0.507 e. The van der Waals surface area contributed by atoms with E-state index in [9.17, 15) is 14.7 Å². The summed E-state index contributed by atoms with van der Waals surface area (Å²) in [6, 6.07) is 11.6. The van der Waals surface area contributed by atoms with Crippen LogP contribution in [0, 0.1) is 0 Å². The zero-order chi connectivity index (χ0) is 28.4. The molecule has 2 aromatic rings. The Kier molecular flexibility index (Phi) is 11.2. The van der Waals surface area contributed by atoms with Gasteiger partial charge in [-0.15, -0.1) is 0 Å². The molecule has 39 heavy (non-hydrogen) atoms. The van der Waals surface area contributed by atoms with Crippen molar-refractivity contribution < 1.29 is 28.9 Å². The molecule has 0 saturated carbocycles. The second-order valence-corrected chi connectivity index (χ2v) is 9.32. The minimum atomic E-state index is -0.768. The molecular weight excluding hydrogens is 496 g/mol. The van der Waals surface area contributed by atoms with Gasteiger partial charge in [-0.05, 0) is 75.3 Å². The van der Waals surface area contributed by atoms with Gasteiger partial charge in [0.1, 0.15) is 11.5 Å². The quantitative estimate of drug-likeness (QED) is 0.140. The summed E-state index contributed by atoms with van der Waals surface area (Å²) in [6.07, 6.45) is 1.93. The summed E-state index contributed by atoms with van der Waals surface area (Å²) in [4.78, 5) is 30.5. The van der Waals surface area contributed by atoms with E-state index >= 15 is 0 Å². The lowest BCUT2D eigenvalue weighted by Gasteiger charge is -2.28. The molecule has 0 aliphatic carbocycles. The third-order valence-electron chi connectivity index (χ3n) is 6.87. The molecule has 1 N–H and O–H groups in total. The molecule has 0 radical (unpaired) electrons. The van der Waals surface area contributed by atoms with E-state index in [2.05, 4.69) is 25.7 Å². The molecule has 0 bridgehead atoms. The lowest BCUT2D eigenvalue weighted by molar-refractivity contribution is -0.140. The maximum Gasteiger partial charge on any atom is 0.295 e.